The van der Waals surface area contributed by atoms with Crippen molar-refractivity contribution >= 4 is 5.97 Å². The predicted molar refractivity (Wildman–Crippen MR) is 46.6 cm³/mol. The minimum Gasteiger partial charge on any atom is -0.479 e. The lowest BCUT2D eigenvalue weighted by Gasteiger charge is -2.23. The Morgan fingerprint density at radius 2 is 2.38 bits per heavy atom. The van der Waals surface area contributed by atoms with Crippen LogP contribution in [0.3, 0.4) is 0 Å². The average Bonchev–Trinajstić information content (AvgIpc) is 2.50. The molecule has 0 saturated carbocycles. The lowest BCUT2D eigenvalue weighted by Crippen LogP contribution is -2.43. The number of aliphatic carboxylic acids is 1. The molecule has 0 amide bonds. The number of aromatic nitrogens is 2. The van der Waals surface area contributed by atoms with Gasteiger partial charge in [-0.2, -0.15) is 0 Å². The molecule has 2 N–H and O–H groups in total. The molecule has 0 aliphatic rings. The van der Waals surface area contributed by atoms with Gasteiger partial charge in [-0.05, 0) is 13.3 Å². The van der Waals surface area contributed by atoms with Crippen LogP contribution < -0.4 is 5.69 Å². The molecule has 13 heavy (non-hydrogen) atoms. The van der Waals surface area contributed by atoms with Gasteiger partial charge in [0, 0.05) is 12.4 Å². The Labute approximate surface area is 75.0 Å². The van der Waals surface area contributed by atoms with Gasteiger partial charge in [-0.15, -0.1) is 0 Å². The second kappa shape index (κ2) is 3.08. The number of carboxylic acid groups (broad SMARTS) is 1. The second-order valence-electron chi connectivity index (χ2n) is 3.07. The van der Waals surface area contributed by atoms with Crippen LogP contribution in [0.25, 0.3) is 0 Å². The Hall–Kier alpha value is -1.52. The minimum absolute atomic E-state index is 0.361. The van der Waals surface area contributed by atoms with Crippen LogP contribution >= 0.6 is 0 Å². The Bertz CT molecular complexity index is 365. The third-order valence-corrected chi connectivity index (χ3v) is 2.33. The van der Waals surface area contributed by atoms with E-state index in [-0.39, 0.29) is 0 Å². The Morgan fingerprint density at radius 3 is 2.69 bits per heavy atom. The highest BCUT2D eigenvalue weighted by molar-refractivity contribution is 5.76. The summed E-state index contributed by atoms with van der Waals surface area (Å²) in [5.41, 5.74) is -1.55. The highest BCUT2D eigenvalue weighted by Gasteiger charge is 2.34. The van der Waals surface area contributed by atoms with Gasteiger partial charge < -0.3 is 10.1 Å². The van der Waals surface area contributed by atoms with Gasteiger partial charge in [0.2, 0.25) is 0 Å². The highest BCUT2D eigenvalue weighted by atomic mass is 16.4. The first-order valence-corrected chi connectivity index (χ1v) is 4.02. The number of nitrogens with zero attached hydrogens (tertiary/aromatic N) is 1. The largest absolute Gasteiger partial charge is 0.479 e. The summed E-state index contributed by atoms with van der Waals surface area (Å²) in [6, 6.07) is 0. The number of rotatable bonds is 3. The lowest BCUT2D eigenvalue weighted by atomic mass is 9.99. The van der Waals surface area contributed by atoms with E-state index < -0.39 is 17.2 Å². The third kappa shape index (κ3) is 1.37. The van der Waals surface area contributed by atoms with Gasteiger partial charge >= 0.3 is 11.7 Å². The van der Waals surface area contributed by atoms with Gasteiger partial charge in [0.25, 0.3) is 0 Å². The van der Waals surface area contributed by atoms with Crippen LogP contribution in [0.4, 0.5) is 0 Å². The molecule has 72 valence electrons. The summed E-state index contributed by atoms with van der Waals surface area (Å²) in [6.07, 6.45) is 3.24. The van der Waals surface area contributed by atoms with Gasteiger partial charge in [0.05, 0.1) is 0 Å². The molecule has 0 radical (unpaired) electrons. The molecule has 0 spiro atoms. The van der Waals surface area contributed by atoms with E-state index in [0.717, 1.165) is 0 Å². The van der Waals surface area contributed by atoms with Crippen molar-refractivity contribution in [3.63, 3.8) is 0 Å². The Balaban J connectivity index is 3.25. The van der Waals surface area contributed by atoms with Crippen molar-refractivity contribution < 1.29 is 9.90 Å². The number of imidazole rings is 1. The molecule has 1 atom stereocenters. The van der Waals surface area contributed by atoms with Gasteiger partial charge in [-0.25, -0.2) is 9.59 Å². The van der Waals surface area contributed by atoms with Crippen molar-refractivity contribution in [2.45, 2.75) is 25.8 Å². The average molecular weight is 184 g/mol. The maximum absolute atomic E-state index is 11.2. The van der Waals surface area contributed by atoms with Crippen LogP contribution in [0.1, 0.15) is 20.3 Å². The summed E-state index contributed by atoms with van der Waals surface area (Å²) >= 11 is 0. The first-order valence-electron chi connectivity index (χ1n) is 4.02. The number of H-pyrrole nitrogens is 1. The SMILES string of the molecule is CCC(C)(C(=O)O)n1cc[nH]c1=O. The molecule has 1 aromatic heterocycles. The topological polar surface area (TPSA) is 75.1 Å². The number of aromatic amines is 1. The van der Waals surface area contributed by atoms with Crippen LogP contribution in [0.5, 0.6) is 0 Å². The summed E-state index contributed by atoms with van der Waals surface area (Å²) in [4.78, 5) is 24.5. The van der Waals surface area contributed by atoms with E-state index in [1.54, 1.807) is 6.92 Å². The number of hydrogen-bond donors (Lipinski definition) is 2. The van der Waals surface area contributed by atoms with Gasteiger partial charge in [0.15, 0.2) is 0 Å². The molecule has 0 fully saturated rings. The van der Waals surface area contributed by atoms with Crippen molar-refractivity contribution in [2.24, 2.45) is 0 Å². The van der Waals surface area contributed by atoms with E-state index in [9.17, 15) is 9.59 Å². The zero-order valence-corrected chi connectivity index (χ0v) is 7.57. The van der Waals surface area contributed by atoms with Crippen LogP contribution in [-0.4, -0.2) is 20.6 Å². The molecule has 0 saturated heterocycles. The molecule has 5 nitrogen and oxygen atoms in total. The molecule has 1 aromatic rings. The molecule has 0 aliphatic heterocycles. The summed E-state index contributed by atoms with van der Waals surface area (Å²) in [5, 5.41) is 8.96. The van der Waals surface area contributed by atoms with E-state index in [1.165, 1.54) is 23.9 Å². The third-order valence-electron chi connectivity index (χ3n) is 2.33. The normalized spacial score (nSPS) is 15.2. The number of carboxylic acids is 1. The van der Waals surface area contributed by atoms with Crippen molar-refractivity contribution in [3.05, 3.63) is 22.9 Å². The van der Waals surface area contributed by atoms with Crippen molar-refractivity contribution in [1.82, 2.24) is 9.55 Å². The number of carbonyl (C=O) groups is 1. The molecule has 0 bridgehead atoms. The first-order chi connectivity index (χ1) is 6.02. The van der Waals surface area contributed by atoms with Gasteiger partial charge in [0.1, 0.15) is 5.54 Å². The molecule has 5 heteroatoms. The van der Waals surface area contributed by atoms with E-state index >= 15 is 0 Å². The number of hydrogen-bond acceptors (Lipinski definition) is 2. The first kappa shape index (κ1) is 9.57. The van der Waals surface area contributed by atoms with E-state index in [0.29, 0.717) is 6.42 Å². The monoisotopic (exact) mass is 184 g/mol. The summed E-state index contributed by atoms with van der Waals surface area (Å²) in [5.74, 6) is -1.00. The van der Waals surface area contributed by atoms with Crippen molar-refractivity contribution in [2.75, 3.05) is 0 Å². The van der Waals surface area contributed by atoms with Crippen LogP contribution in [0.15, 0.2) is 17.2 Å². The quantitative estimate of drug-likeness (QED) is 0.713. The summed E-state index contributed by atoms with van der Waals surface area (Å²) < 4.78 is 1.19. The Kier molecular flexibility index (Phi) is 2.27. The molecule has 1 unspecified atom stereocenters. The molecule has 0 aromatic carbocycles. The lowest BCUT2D eigenvalue weighted by molar-refractivity contribution is -0.147. The Morgan fingerprint density at radius 1 is 1.77 bits per heavy atom. The zero-order valence-electron chi connectivity index (χ0n) is 7.57. The highest BCUT2D eigenvalue weighted by Crippen LogP contribution is 2.17. The fourth-order valence-electron chi connectivity index (χ4n) is 1.13. The standard InChI is InChI=1S/C8H12N2O3/c1-3-8(2,6(11)12)10-5-4-9-7(10)13/h4-5H,3H2,1-2H3,(H,9,13)(H,11,12). The smallest absolute Gasteiger partial charge is 0.329 e. The van der Waals surface area contributed by atoms with Crippen LogP contribution in [0.2, 0.25) is 0 Å². The van der Waals surface area contributed by atoms with E-state index in [2.05, 4.69) is 4.98 Å². The summed E-state index contributed by atoms with van der Waals surface area (Å²) in [7, 11) is 0. The van der Waals surface area contributed by atoms with Crippen molar-refractivity contribution in [3.8, 4) is 0 Å². The fraction of sp³-hybridized carbons (Fsp3) is 0.500. The second-order valence-corrected chi connectivity index (χ2v) is 3.07. The maximum Gasteiger partial charge on any atom is 0.329 e. The van der Waals surface area contributed by atoms with E-state index in [1.807, 2.05) is 0 Å². The van der Waals surface area contributed by atoms with E-state index in [4.69, 9.17) is 5.11 Å². The molecular formula is C8H12N2O3. The van der Waals surface area contributed by atoms with Gasteiger partial charge in [-0.3, -0.25) is 4.57 Å². The van der Waals surface area contributed by atoms with Crippen LogP contribution in [-0.2, 0) is 10.3 Å². The maximum atomic E-state index is 11.2. The minimum atomic E-state index is -1.16. The van der Waals surface area contributed by atoms with Crippen LogP contribution in [0, 0.1) is 0 Å². The van der Waals surface area contributed by atoms with Crippen molar-refractivity contribution in [1.29, 1.82) is 0 Å². The zero-order chi connectivity index (χ0) is 10.1. The molecule has 1 rings (SSSR count). The molecule has 1 heterocycles. The number of nitrogens with one attached hydrogen (secondary N) is 1. The molecule has 0 aliphatic carbocycles. The van der Waals surface area contributed by atoms with Gasteiger partial charge in [-0.1, -0.05) is 6.92 Å². The molecular weight excluding hydrogens is 172 g/mol. The predicted octanol–water partition coefficient (Wildman–Crippen LogP) is 0.386. The fourth-order valence-corrected chi connectivity index (χ4v) is 1.13. The summed E-state index contributed by atoms with van der Waals surface area (Å²) in [6.45, 7) is 3.25.